The molecule has 1 aliphatic rings. The first-order chi connectivity index (χ1) is 11.5. The molecular formula is C18H14N2O3S. The van der Waals surface area contributed by atoms with Crippen molar-refractivity contribution in [2.75, 3.05) is 0 Å². The molecule has 120 valence electrons. The van der Waals surface area contributed by atoms with Crippen molar-refractivity contribution in [3.8, 4) is 17.4 Å². The molecule has 0 atom stereocenters. The predicted octanol–water partition coefficient (Wildman–Crippen LogP) is 4.26. The molecule has 2 heterocycles. The van der Waals surface area contributed by atoms with E-state index in [1.54, 1.807) is 56.3 Å². The van der Waals surface area contributed by atoms with Gasteiger partial charge in [0.1, 0.15) is 11.5 Å². The normalized spacial score (nSPS) is 16.2. The van der Waals surface area contributed by atoms with Crippen molar-refractivity contribution in [2.24, 2.45) is 0 Å². The summed E-state index contributed by atoms with van der Waals surface area (Å²) in [4.78, 5) is 25.7. The number of furan rings is 1. The number of carbonyl (C=O) groups is 2. The molecule has 0 unspecified atom stereocenters. The van der Waals surface area contributed by atoms with E-state index in [-0.39, 0.29) is 17.2 Å². The topological polar surface area (TPSA) is 74.3 Å². The van der Waals surface area contributed by atoms with Crippen LogP contribution in [0.5, 0.6) is 0 Å². The number of thioether (sulfide) groups is 1. The van der Waals surface area contributed by atoms with E-state index in [0.29, 0.717) is 22.0 Å². The highest BCUT2D eigenvalue weighted by Crippen LogP contribution is 2.34. The number of hydrogen-bond donors (Lipinski definition) is 0. The summed E-state index contributed by atoms with van der Waals surface area (Å²) in [6, 6.07) is 12.5. The Morgan fingerprint density at radius 1 is 1.17 bits per heavy atom. The third-order valence-corrected chi connectivity index (χ3v) is 4.42. The fourth-order valence-electron chi connectivity index (χ4n) is 2.35. The van der Waals surface area contributed by atoms with Crippen molar-refractivity contribution in [1.82, 2.24) is 4.90 Å². The largest absolute Gasteiger partial charge is 0.457 e. The van der Waals surface area contributed by atoms with Gasteiger partial charge in [-0.05, 0) is 62.0 Å². The predicted molar refractivity (Wildman–Crippen MR) is 91.8 cm³/mol. The molecule has 24 heavy (non-hydrogen) atoms. The highest BCUT2D eigenvalue weighted by atomic mass is 32.2. The maximum Gasteiger partial charge on any atom is 0.293 e. The Balaban J connectivity index is 1.85. The van der Waals surface area contributed by atoms with Gasteiger partial charge >= 0.3 is 0 Å². The van der Waals surface area contributed by atoms with Crippen LogP contribution < -0.4 is 0 Å². The van der Waals surface area contributed by atoms with Gasteiger partial charge in [0.15, 0.2) is 0 Å². The average Bonchev–Trinajstić information content (AvgIpc) is 3.13. The summed E-state index contributed by atoms with van der Waals surface area (Å²) >= 11 is 0.917. The van der Waals surface area contributed by atoms with Crippen LogP contribution in [0.1, 0.15) is 25.2 Å². The van der Waals surface area contributed by atoms with Crippen molar-refractivity contribution < 1.29 is 14.0 Å². The Labute approximate surface area is 143 Å². The van der Waals surface area contributed by atoms with Gasteiger partial charge in [-0.1, -0.05) is 0 Å². The Hall–Kier alpha value is -2.78. The lowest BCUT2D eigenvalue weighted by molar-refractivity contribution is -0.123. The first-order valence-electron chi connectivity index (χ1n) is 7.37. The van der Waals surface area contributed by atoms with Crippen LogP contribution in [0, 0.1) is 11.3 Å². The molecule has 1 aliphatic heterocycles. The smallest absolute Gasteiger partial charge is 0.293 e. The van der Waals surface area contributed by atoms with Crippen molar-refractivity contribution in [3.63, 3.8) is 0 Å². The van der Waals surface area contributed by atoms with E-state index in [9.17, 15) is 9.59 Å². The fourth-order valence-corrected chi connectivity index (χ4v) is 3.29. The molecule has 0 aliphatic carbocycles. The highest BCUT2D eigenvalue weighted by Gasteiger charge is 2.36. The van der Waals surface area contributed by atoms with Crippen LogP contribution >= 0.6 is 11.8 Å². The minimum absolute atomic E-state index is 0.172. The number of benzene rings is 1. The summed E-state index contributed by atoms with van der Waals surface area (Å²) < 4.78 is 5.73. The van der Waals surface area contributed by atoms with E-state index < -0.39 is 0 Å². The van der Waals surface area contributed by atoms with Crippen molar-refractivity contribution >= 4 is 29.0 Å². The lowest BCUT2D eigenvalue weighted by Gasteiger charge is -2.16. The molecule has 1 aromatic carbocycles. The molecule has 2 aromatic rings. The minimum atomic E-state index is -0.295. The number of imide groups is 1. The Kier molecular flexibility index (Phi) is 4.28. The minimum Gasteiger partial charge on any atom is -0.457 e. The zero-order valence-corrected chi connectivity index (χ0v) is 14.0. The molecule has 0 N–H and O–H groups in total. The number of amides is 2. The van der Waals surface area contributed by atoms with Gasteiger partial charge < -0.3 is 4.42 Å². The number of nitriles is 1. The van der Waals surface area contributed by atoms with Gasteiger partial charge in [0.2, 0.25) is 0 Å². The van der Waals surface area contributed by atoms with Crippen LogP contribution in [0.4, 0.5) is 4.79 Å². The SMILES string of the molecule is CC(C)N1C(=O)SC(=Cc2ccc(-c3ccc(C#N)cc3)o2)C1=O. The van der Waals surface area contributed by atoms with E-state index in [0.717, 1.165) is 17.3 Å². The van der Waals surface area contributed by atoms with Gasteiger partial charge in [-0.25, -0.2) is 0 Å². The standard InChI is InChI=1S/C18H14N2O3S/c1-11(2)20-17(21)16(24-18(20)22)9-14-7-8-15(23-14)13-5-3-12(10-19)4-6-13/h3-9,11H,1-2H3. The molecule has 0 saturated carbocycles. The van der Waals surface area contributed by atoms with Crippen LogP contribution in [-0.2, 0) is 4.79 Å². The van der Waals surface area contributed by atoms with E-state index in [1.165, 1.54) is 4.90 Å². The second kappa shape index (κ2) is 6.38. The van der Waals surface area contributed by atoms with Gasteiger partial charge in [-0.3, -0.25) is 14.5 Å². The van der Waals surface area contributed by atoms with E-state index in [2.05, 4.69) is 6.07 Å². The zero-order valence-electron chi connectivity index (χ0n) is 13.1. The summed E-state index contributed by atoms with van der Waals surface area (Å²) in [6.45, 7) is 3.60. The second-order valence-electron chi connectivity index (χ2n) is 5.54. The number of rotatable bonds is 3. The maximum atomic E-state index is 12.3. The van der Waals surface area contributed by atoms with E-state index in [4.69, 9.17) is 9.68 Å². The molecule has 2 amide bonds. The molecule has 3 rings (SSSR count). The summed E-state index contributed by atoms with van der Waals surface area (Å²) in [7, 11) is 0. The molecule has 6 heteroatoms. The van der Waals surface area contributed by atoms with Gasteiger partial charge in [0.25, 0.3) is 11.1 Å². The second-order valence-corrected chi connectivity index (χ2v) is 6.53. The summed E-state index contributed by atoms with van der Waals surface area (Å²) in [6.07, 6.45) is 1.58. The van der Waals surface area contributed by atoms with Crippen LogP contribution in [-0.4, -0.2) is 22.1 Å². The fraction of sp³-hybridized carbons (Fsp3) is 0.167. The first-order valence-corrected chi connectivity index (χ1v) is 8.18. The number of nitrogens with zero attached hydrogens (tertiary/aromatic N) is 2. The lowest BCUT2D eigenvalue weighted by atomic mass is 10.1. The molecule has 1 aromatic heterocycles. The lowest BCUT2D eigenvalue weighted by Crippen LogP contribution is -2.34. The van der Waals surface area contributed by atoms with Gasteiger partial charge in [-0.2, -0.15) is 5.26 Å². The summed E-state index contributed by atoms with van der Waals surface area (Å²) in [5, 5.41) is 8.56. The molecule has 0 bridgehead atoms. The van der Waals surface area contributed by atoms with Gasteiger partial charge in [0, 0.05) is 17.7 Å². The monoisotopic (exact) mass is 338 g/mol. The van der Waals surface area contributed by atoms with Crippen molar-refractivity contribution in [3.05, 3.63) is 52.6 Å². The van der Waals surface area contributed by atoms with Crippen LogP contribution in [0.2, 0.25) is 0 Å². The highest BCUT2D eigenvalue weighted by molar-refractivity contribution is 8.18. The molecular weight excluding hydrogens is 324 g/mol. The van der Waals surface area contributed by atoms with Crippen LogP contribution in [0.3, 0.4) is 0 Å². The quantitative estimate of drug-likeness (QED) is 0.782. The van der Waals surface area contributed by atoms with Crippen LogP contribution in [0.25, 0.3) is 17.4 Å². The molecule has 1 fully saturated rings. The molecule has 0 radical (unpaired) electrons. The van der Waals surface area contributed by atoms with Crippen molar-refractivity contribution in [2.45, 2.75) is 19.9 Å². The Morgan fingerprint density at radius 3 is 2.46 bits per heavy atom. The van der Waals surface area contributed by atoms with E-state index in [1.807, 2.05) is 0 Å². The third-order valence-electron chi connectivity index (χ3n) is 3.54. The number of carbonyl (C=O) groups excluding carboxylic acids is 2. The first kappa shape index (κ1) is 16.1. The molecule has 5 nitrogen and oxygen atoms in total. The van der Waals surface area contributed by atoms with Crippen molar-refractivity contribution in [1.29, 1.82) is 5.26 Å². The summed E-state index contributed by atoms with van der Waals surface area (Å²) in [5.41, 5.74) is 1.41. The number of hydrogen-bond acceptors (Lipinski definition) is 5. The average molecular weight is 338 g/mol. The zero-order chi connectivity index (χ0) is 17.3. The Morgan fingerprint density at radius 2 is 1.88 bits per heavy atom. The van der Waals surface area contributed by atoms with Gasteiger partial charge in [-0.15, -0.1) is 0 Å². The third kappa shape index (κ3) is 2.99. The maximum absolute atomic E-state index is 12.3. The van der Waals surface area contributed by atoms with Crippen LogP contribution in [0.15, 0.2) is 45.7 Å². The Bertz CT molecular complexity index is 872. The van der Waals surface area contributed by atoms with Gasteiger partial charge in [0.05, 0.1) is 16.5 Å². The summed E-state index contributed by atoms with van der Waals surface area (Å²) in [5.74, 6) is 0.841. The molecule has 0 spiro atoms. The van der Waals surface area contributed by atoms with E-state index >= 15 is 0 Å². The molecule has 1 saturated heterocycles.